The molecule has 3 heterocycles. The molecule has 2 aromatic carbocycles. The molecule has 0 aliphatic heterocycles. The van der Waals surface area contributed by atoms with Crippen molar-refractivity contribution in [3.05, 3.63) is 84.5 Å². The highest BCUT2D eigenvalue weighted by Crippen LogP contribution is 2.28. The maximum absolute atomic E-state index is 12.9. The number of pyridine rings is 1. The Morgan fingerprint density at radius 3 is 2.73 bits per heavy atom. The zero-order valence-corrected chi connectivity index (χ0v) is 18.6. The van der Waals surface area contributed by atoms with Crippen molar-refractivity contribution in [2.75, 3.05) is 17.3 Å². The summed E-state index contributed by atoms with van der Waals surface area (Å²) < 4.78 is 1.84. The Morgan fingerprint density at radius 1 is 1.12 bits per heavy atom. The molecule has 2 N–H and O–H groups in total. The van der Waals surface area contributed by atoms with Crippen LogP contribution in [0.3, 0.4) is 0 Å². The first-order valence-electron chi connectivity index (χ1n) is 10.5. The van der Waals surface area contributed by atoms with Crippen molar-refractivity contribution in [1.82, 2.24) is 25.0 Å². The molecule has 5 aromatic rings. The number of aromatic amines is 1. The van der Waals surface area contributed by atoms with Gasteiger partial charge in [0.2, 0.25) is 0 Å². The number of carbonyl (C=O) groups is 1. The van der Waals surface area contributed by atoms with Gasteiger partial charge in [0.05, 0.1) is 16.7 Å². The number of anilines is 2. The number of rotatable bonds is 4. The summed E-state index contributed by atoms with van der Waals surface area (Å²) >= 11 is 0. The average molecular weight is 438 g/mol. The first-order valence-corrected chi connectivity index (χ1v) is 10.5. The lowest BCUT2D eigenvalue weighted by molar-refractivity contribution is 0.258. The third-order valence-electron chi connectivity index (χ3n) is 5.88. The van der Waals surface area contributed by atoms with Crippen molar-refractivity contribution in [2.24, 2.45) is 7.05 Å². The minimum Gasteiger partial charge on any atom is -0.307 e. The molecule has 0 bridgehead atoms. The first-order chi connectivity index (χ1) is 15.9. The number of urea groups is 1. The van der Waals surface area contributed by atoms with Gasteiger partial charge in [-0.15, -0.1) is 0 Å². The van der Waals surface area contributed by atoms with Crippen LogP contribution in [0.2, 0.25) is 0 Å². The van der Waals surface area contributed by atoms with E-state index >= 15 is 0 Å². The van der Waals surface area contributed by atoms with E-state index in [0.29, 0.717) is 5.69 Å². The van der Waals surface area contributed by atoms with Crippen molar-refractivity contribution >= 4 is 44.8 Å². The number of nitrogens with zero attached hydrogens (tertiary/aromatic N) is 5. The highest BCUT2D eigenvalue weighted by Gasteiger charge is 2.16. The van der Waals surface area contributed by atoms with E-state index in [9.17, 15) is 4.79 Å². The number of nitrogens with one attached hydrogen (secondary N) is 2. The second-order valence-corrected chi connectivity index (χ2v) is 7.93. The maximum Gasteiger partial charge on any atom is 0.326 e. The molecule has 164 valence electrons. The fourth-order valence-corrected chi connectivity index (χ4v) is 3.84. The third-order valence-corrected chi connectivity index (χ3v) is 5.88. The van der Waals surface area contributed by atoms with Crippen LogP contribution in [-0.2, 0) is 7.05 Å². The quantitative estimate of drug-likeness (QED) is 0.419. The van der Waals surface area contributed by atoms with E-state index in [0.717, 1.165) is 50.1 Å². The molecule has 5 rings (SSSR count). The lowest BCUT2D eigenvalue weighted by atomic mass is 10.1. The number of hydrogen-bond donors (Lipinski definition) is 2. The predicted molar refractivity (Wildman–Crippen MR) is 131 cm³/mol. The van der Waals surface area contributed by atoms with Gasteiger partial charge in [0.1, 0.15) is 5.69 Å². The van der Waals surface area contributed by atoms with E-state index in [1.807, 2.05) is 73.3 Å². The highest BCUT2D eigenvalue weighted by molar-refractivity contribution is 6.04. The number of carbonyl (C=O) groups excluding carboxylic acids is 1. The molecule has 0 radical (unpaired) electrons. The normalized spacial score (nSPS) is 11.1. The molecular weight excluding hydrogens is 414 g/mol. The van der Waals surface area contributed by atoms with Gasteiger partial charge in [0, 0.05) is 53.7 Å². The molecule has 0 fully saturated rings. The fourth-order valence-electron chi connectivity index (χ4n) is 3.84. The molecule has 0 atom stereocenters. The number of hydrogen-bond acceptors (Lipinski definition) is 4. The summed E-state index contributed by atoms with van der Waals surface area (Å²) in [5, 5.41) is 16.9. The van der Waals surface area contributed by atoms with Crippen molar-refractivity contribution < 1.29 is 4.79 Å². The largest absolute Gasteiger partial charge is 0.326 e. The van der Waals surface area contributed by atoms with Crippen LogP contribution in [0.15, 0.2) is 67.4 Å². The van der Waals surface area contributed by atoms with Crippen molar-refractivity contribution in [1.29, 1.82) is 0 Å². The summed E-state index contributed by atoms with van der Waals surface area (Å²) in [7, 11) is 3.64. The van der Waals surface area contributed by atoms with Crippen LogP contribution in [0.1, 0.15) is 17.1 Å². The van der Waals surface area contributed by atoms with Crippen molar-refractivity contribution in [3.63, 3.8) is 0 Å². The molecule has 8 heteroatoms. The number of aromatic nitrogens is 5. The standard InChI is InChI=1S/C25H23N7O/c1-15(21-7-5-6-12-26-21)24-20-10-8-17(13-22(20)28-29-24)27-25(33)31(3)18-9-11-19-16(2)32(4)30-23(19)14-18/h5-14H,1H2,2-4H3,(H,27,33)(H,28,29). The monoisotopic (exact) mass is 437 g/mol. The summed E-state index contributed by atoms with van der Waals surface area (Å²) in [6.45, 7) is 6.17. The molecule has 0 saturated carbocycles. The van der Waals surface area contributed by atoms with E-state index in [-0.39, 0.29) is 6.03 Å². The summed E-state index contributed by atoms with van der Waals surface area (Å²) in [5.41, 5.74) is 6.39. The average Bonchev–Trinajstić information content (AvgIpc) is 3.38. The van der Waals surface area contributed by atoms with Gasteiger partial charge in [0.25, 0.3) is 0 Å². The van der Waals surface area contributed by atoms with Gasteiger partial charge >= 0.3 is 6.03 Å². The van der Waals surface area contributed by atoms with Gasteiger partial charge in [-0.25, -0.2) is 4.79 Å². The number of aryl methyl sites for hydroxylation is 2. The Bertz CT molecular complexity index is 1510. The summed E-state index contributed by atoms with van der Waals surface area (Å²) in [5.74, 6) is 0. The van der Waals surface area contributed by atoms with Crippen LogP contribution in [0.25, 0.3) is 27.4 Å². The smallest absolute Gasteiger partial charge is 0.307 e. The zero-order valence-electron chi connectivity index (χ0n) is 18.6. The molecule has 8 nitrogen and oxygen atoms in total. The number of H-pyrrole nitrogens is 1. The zero-order chi connectivity index (χ0) is 23.1. The lowest BCUT2D eigenvalue weighted by Crippen LogP contribution is -2.31. The molecule has 2 amide bonds. The van der Waals surface area contributed by atoms with Gasteiger partial charge in [-0.3, -0.25) is 19.7 Å². The van der Waals surface area contributed by atoms with Crippen molar-refractivity contribution in [3.8, 4) is 0 Å². The molecule has 0 aliphatic rings. The first kappa shape index (κ1) is 20.4. The molecule has 3 aromatic heterocycles. The Morgan fingerprint density at radius 2 is 1.94 bits per heavy atom. The van der Waals surface area contributed by atoms with Gasteiger partial charge in [-0.2, -0.15) is 10.2 Å². The number of fused-ring (bicyclic) bond motifs is 2. The second kappa shape index (κ2) is 7.90. The molecule has 0 unspecified atom stereocenters. The third kappa shape index (κ3) is 3.61. The molecule has 33 heavy (non-hydrogen) atoms. The Balaban J connectivity index is 1.36. The van der Waals surface area contributed by atoms with Crippen LogP contribution in [0.4, 0.5) is 16.2 Å². The minimum atomic E-state index is -0.251. The number of benzene rings is 2. The van der Waals surface area contributed by atoms with Crippen LogP contribution in [0, 0.1) is 6.92 Å². The minimum absolute atomic E-state index is 0.251. The van der Waals surface area contributed by atoms with Crippen LogP contribution >= 0.6 is 0 Å². The summed E-state index contributed by atoms with van der Waals surface area (Å²) in [6, 6.07) is 16.9. The molecular formula is C25H23N7O. The second-order valence-electron chi connectivity index (χ2n) is 7.93. The fraction of sp³-hybridized carbons (Fsp3) is 0.120. The van der Waals surface area contributed by atoms with Crippen LogP contribution in [-0.4, -0.2) is 38.0 Å². The maximum atomic E-state index is 12.9. The predicted octanol–water partition coefficient (Wildman–Crippen LogP) is 4.88. The Labute approximate surface area is 190 Å². The van der Waals surface area contributed by atoms with Crippen molar-refractivity contribution in [2.45, 2.75) is 6.92 Å². The van der Waals surface area contributed by atoms with E-state index in [2.05, 4.69) is 32.2 Å². The van der Waals surface area contributed by atoms with E-state index in [1.54, 1.807) is 18.1 Å². The highest BCUT2D eigenvalue weighted by atomic mass is 16.2. The van der Waals surface area contributed by atoms with Gasteiger partial charge in [-0.1, -0.05) is 12.6 Å². The lowest BCUT2D eigenvalue weighted by Gasteiger charge is -2.18. The van der Waals surface area contributed by atoms with Crippen LogP contribution < -0.4 is 10.2 Å². The molecule has 0 aliphatic carbocycles. The molecule has 0 saturated heterocycles. The summed E-state index contributed by atoms with van der Waals surface area (Å²) in [4.78, 5) is 18.8. The SMILES string of the molecule is C=C(c1ccccn1)c1n[nH]c2cc(NC(=O)N(C)c3ccc4c(C)n(C)nc4c3)ccc12. The van der Waals surface area contributed by atoms with Gasteiger partial charge in [-0.05, 0) is 55.5 Å². The van der Waals surface area contributed by atoms with Gasteiger partial charge in [0.15, 0.2) is 0 Å². The molecule has 0 spiro atoms. The topological polar surface area (TPSA) is 91.7 Å². The van der Waals surface area contributed by atoms with Crippen LogP contribution in [0.5, 0.6) is 0 Å². The Hall–Kier alpha value is -4.46. The number of amides is 2. The Kier molecular flexibility index (Phi) is 4.90. The van der Waals surface area contributed by atoms with E-state index in [1.165, 1.54) is 0 Å². The van der Waals surface area contributed by atoms with E-state index in [4.69, 9.17) is 0 Å². The van der Waals surface area contributed by atoms with Gasteiger partial charge < -0.3 is 5.32 Å². The summed E-state index contributed by atoms with van der Waals surface area (Å²) in [6.07, 6.45) is 1.73. The van der Waals surface area contributed by atoms with E-state index < -0.39 is 0 Å².